The Morgan fingerprint density at radius 1 is 1.14 bits per heavy atom. The molecular formula is C14H8ClF4NO2. The lowest BCUT2D eigenvalue weighted by molar-refractivity contribution is -0.137. The van der Waals surface area contributed by atoms with Gasteiger partial charge in [-0.3, -0.25) is 4.79 Å². The Morgan fingerprint density at radius 2 is 1.73 bits per heavy atom. The molecule has 0 atom stereocenters. The summed E-state index contributed by atoms with van der Waals surface area (Å²) in [7, 11) is 0. The summed E-state index contributed by atoms with van der Waals surface area (Å²) in [6.07, 6.45) is -4.48. The highest BCUT2D eigenvalue weighted by atomic mass is 35.5. The van der Waals surface area contributed by atoms with Gasteiger partial charge in [-0.1, -0.05) is 11.6 Å². The van der Waals surface area contributed by atoms with Crippen LogP contribution >= 0.6 is 11.6 Å². The van der Waals surface area contributed by atoms with Crippen LogP contribution in [0.15, 0.2) is 36.4 Å². The number of alkyl halides is 3. The Kier molecular flexibility index (Phi) is 4.27. The number of carbonyl (C=O) groups excluding carboxylic acids is 1. The van der Waals surface area contributed by atoms with Gasteiger partial charge in [0.2, 0.25) is 0 Å². The van der Waals surface area contributed by atoms with Crippen LogP contribution in [0.3, 0.4) is 0 Å². The SMILES string of the molecule is O=C(Nc1ccc(C(F)(F)F)cc1)c1cc(Cl)c(F)cc1O. The topological polar surface area (TPSA) is 49.3 Å². The first-order valence-corrected chi connectivity index (χ1v) is 6.23. The maximum absolute atomic E-state index is 13.1. The second kappa shape index (κ2) is 5.84. The molecule has 22 heavy (non-hydrogen) atoms. The fourth-order valence-electron chi connectivity index (χ4n) is 1.66. The lowest BCUT2D eigenvalue weighted by Gasteiger charge is -2.10. The van der Waals surface area contributed by atoms with E-state index in [1.54, 1.807) is 0 Å². The smallest absolute Gasteiger partial charge is 0.416 e. The first kappa shape index (κ1) is 16.1. The van der Waals surface area contributed by atoms with Crippen LogP contribution in [0.25, 0.3) is 0 Å². The number of phenols is 1. The first-order chi connectivity index (χ1) is 10.2. The van der Waals surface area contributed by atoms with Crippen LogP contribution < -0.4 is 5.32 Å². The Hall–Kier alpha value is -2.28. The molecule has 0 aliphatic heterocycles. The molecule has 0 heterocycles. The normalized spacial score (nSPS) is 11.3. The Balaban J connectivity index is 2.21. The van der Waals surface area contributed by atoms with E-state index < -0.39 is 29.2 Å². The highest BCUT2D eigenvalue weighted by Crippen LogP contribution is 2.30. The molecule has 0 unspecified atom stereocenters. The molecule has 0 saturated heterocycles. The monoisotopic (exact) mass is 333 g/mol. The van der Waals surface area contributed by atoms with Gasteiger partial charge in [0.25, 0.3) is 5.91 Å². The van der Waals surface area contributed by atoms with Gasteiger partial charge in [0.05, 0.1) is 16.1 Å². The standard InChI is InChI=1S/C14H8ClF4NO2/c15-10-5-9(12(21)6-11(10)16)13(22)20-8-3-1-7(2-4-8)14(17,18)19/h1-6,21H,(H,20,22). The third-order valence-electron chi connectivity index (χ3n) is 2.75. The Morgan fingerprint density at radius 3 is 2.27 bits per heavy atom. The van der Waals surface area contributed by atoms with Gasteiger partial charge in [0.15, 0.2) is 0 Å². The van der Waals surface area contributed by atoms with E-state index in [-0.39, 0.29) is 16.3 Å². The van der Waals surface area contributed by atoms with Crippen LogP contribution in [0.4, 0.5) is 23.2 Å². The summed E-state index contributed by atoms with van der Waals surface area (Å²) in [5.74, 6) is -2.37. The molecule has 116 valence electrons. The van der Waals surface area contributed by atoms with Crippen molar-refractivity contribution in [2.75, 3.05) is 5.32 Å². The number of phenolic OH excluding ortho intramolecular Hbond substituents is 1. The predicted molar refractivity (Wildman–Crippen MR) is 72.5 cm³/mol. The number of amides is 1. The number of rotatable bonds is 2. The minimum atomic E-state index is -4.48. The summed E-state index contributed by atoms with van der Waals surface area (Å²) in [5, 5.41) is 11.4. The summed E-state index contributed by atoms with van der Waals surface area (Å²) >= 11 is 5.51. The molecule has 0 aliphatic rings. The Labute approximate surface area is 127 Å². The quantitative estimate of drug-likeness (QED) is 0.797. The van der Waals surface area contributed by atoms with Gasteiger partial charge in [-0.15, -0.1) is 0 Å². The van der Waals surface area contributed by atoms with Crippen LogP contribution in [0.2, 0.25) is 5.02 Å². The zero-order valence-electron chi connectivity index (χ0n) is 10.7. The van der Waals surface area contributed by atoms with Gasteiger partial charge in [-0.05, 0) is 30.3 Å². The van der Waals surface area contributed by atoms with Crippen molar-refractivity contribution in [1.29, 1.82) is 0 Å². The van der Waals surface area contributed by atoms with Crippen LogP contribution in [0.1, 0.15) is 15.9 Å². The molecule has 0 aromatic heterocycles. The van der Waals surface area contributed by atoms with E-state index in [2.05, 4.69) is 5.32 Å². The first-order valence-electron chi connectivity index (χ1n) is 5.85. The largest absolute Gasteiger partial charge is 0.507 e. The molecule has 1 amide bonds. The number of hydrogen-bond donors (Lipinski definition) is 2. The van der Waals surface area contributed by atoms with Crippen LogP contribution in [0, 0.1) is 5.82 Å². The van der Waals surface area contributed by atoms with E-state index in [1.807, 2.05) is 0 Å². The molecule has 0 aliphatic carbocycles. The number of anilines is 1. The minimum Gasteiger partial charge on any atom is -0.507 e. The van der Waals surface area contributed by atoms with Crippen molar-refractivity contribution < 1.29 is 27.5 Å². The van der Waals surface area contributed by atoms with E-state index in [0.717, 1.165) is 30.3 Å². The van der Waals surface area contributed by atoms with Crippen LogP contribution in [-0.2, 0) is 6.18 Å². The predicted octanol–water partition coefficient (Wildman–Crippen LogP) is 4.46. The maximum atomic E-state index is 13.1. The van der Waals surface area contributed by atoms with Gasteiger partial charge in [-0.25, -0.2) is 4.39 Å². The van der Waals surface area contributed by atoms with Crippen molar-refractivity contribution in [2.45, 2.75) is 6.18 Å². The molecule has 2 aromatic carbocycles. The fourth-order valence-corrected chi connectivity index (χ4v) is 1.82. The molecule has 0 fully saturated rings. The summed E-state index contributed by atoms with van der Waals surface area (Å²) in [6.45, 7) is 0. The highest BCUT2D eigenvalue weighted by Gasteiger charge is 2.30. The molecule has 2 aromatic rings. The molecule has 8 heteroatoms. The molecule has 0 saturated carbocycles. The third-order valence-corrected chi connectivity index (χ3v) is 3.04. The summed E-state index contributed by atoms with van der Waals surface area (Å²) in [5.41, 5.74) is -1.08. The number of nitrogens with one attached hydrogen (secondary N) is 1. The molecule has 0 bridgehead atoms. The Bertz CT molecular complexity index is 714. The minimum absolute atomic E-state index is 0.0813. The summed E-state index contributed by atoms with van der Waals surface area (Å²) in [4.78, 5) is 11.9. The van der Waals surface area contributed by atoms with E-state index >= 15 is 0 Å². The van der Waals surface area contributed by atoms with E-state index in [9.17, 15) is 27.5 Å². The van der Waals surface area contributed by atoms with E-state index in [0.29, 0.717) is 6.07 Å². The molecule has 2 rings (SSSR count). The number of hydrogen-bond acceptors (Lipinski definition) is 2. The second-order valence-corrected chi connectivity index (χ2v) is 4.72. The number of halogens is 5. The van der Waals surface area contributed by atoms with Gasteiger partial charge < -0.3 is 10.4 Å². The van der Waals surface area contributed by atoms with Crippen LogP contribution in [-0.4, -0.2) is 11.0 Å². The van der Waals surface area contributed by atoms with E-state index in [1.165, 1.54) is 0 Å². The highest BCUT2D eigenvalue weighted by molar-refractivity contribution is 6.31. The summed E-state index contributed by atoms with van der Waals surface area (Å²) in [6, 6.07) is 5.31. The van der Waals surface area contributed by atoms with Crippen molar-refractivity contribution >= 4 is 23.2 Å². The summed E-state index contributed by atoms with van der Waals surface area (Å²) < 4.78 is 50.3. The van der Waals surface area contributed by atoms with Crippen LogP contribution in [0.5, 0.6) is 5.75 Å². The average Bonchev–Trinajstić information content (AvgIpc) is 2.42. The third kappa shape index (κ3) is 3.48. The van der Waals surface area contributed by atoms with Crippen molar-refractivity contribution in [2.24, 2.45) is 0 Å². The zero-order chi connectivity index (χ0) is 16.5. The second-order valence-electron chi connectivity index (χ2n) is 4.31. The van der Waals surface area contributed by atoms with Gasteiger partial charge in [0, 0.05) is 11.8 Å². The lowest BCUT2D eigenvalue weighted by atomic mass is 10.1. The molecule has 2 N–H and O–H groups in total. The van der Waals surface area contributed by atoms with Gasteiger partial charge in [0.1, 0.15) is 11.6 Å². The number of carbonyl (C=O) groups is 1. The zero-order valence-corrected chi connectivity index (χ0v) is 11.5. The van der Waals surface area contributed by atoms with Gasteiger partial charge >= 0.3 is 6.18 Å². The molecule has 3 nitrogen and oxygen atoms in total. The average molecular weight is 334 g/mol. The van der Waals surface area contributed by atoms with Crippen molar-refractivity contribution in [3.63, 3.8) is 0 Å². The van der Waals surface area contributed by atoms with Crippen molar-refractivity contribution in [3.05, 3.63) is 58.4 Å². The molecule has 0 radical (unpaired) electrons. The number of aromatic hydroxyl groups is 1. The van der Waals surface area contributed by atoms with E-state index in [4.69, 9.17) is 11.6 Å². The maximum Gasteiger partial charge on any atom is 0.416 e. The molecule has 0 spiro atoms. The molecular weight excluding hydrogens is 326 g/mol. The lowest BCUT2D eigenvalue weighted by Crippen LogP contribution is -2.13. The van der Waals surface area contributed by atoms with Crippen molar-refractivity contribution in [1.82, 2.24) is 0 Å². The number of benzene rings is 2. The van der Waals surface area contributed by atoms with Gasteiger partial charge in [-0.2, -0.15) is 13.2 Å². The van der Waals surface area contributed by atoms with Crippen molar-refractivity contribution in [3.8, 4) is 5.75 Å². The fraction of sp³-hybridized carbons (Fsp3) is 0.0714.